The van der Waals surface area contributed by atoms with Crippen molar-refractivity contribution in [3.63, 3.8) is 0 Å². The van der Waals surface area contributed by atoms with E-state index in [0.29, 0.717) is 17.8 Å². The Morgan fingerprint density at radius 3 is 2.95 bits per heavy atom. The summed E-state index contributed by atoms with van der Waals surface area (Å²) in [6.45, 7) is 4.58. The lowest BCUT2D eigenvalue weighted by Gasteiger charge is -2.07. The van der Waals surface area contributed by atoms with E-state index in [2.05, 4.69) is 22.6 Å². The molecular formula is C15H19N3OS. The number of carbonyl (C=O) groups excluding carboxylic acids is 1. The maximum absolute atomic E-state index is 12.1. The van der Waals surface area contributed by atoms with E-state index in [9.17, 15) is 4.79 Å². The summed E-state index contributed by atoms with van der Waals surface area (Å²) in [5.74, 6) is -0.0826. The number of thiazole rings is 1. The van der Waals surface area contributed by atoms with Gasteiger partial charge >= 0.3 is 0 Å². The molecule has 0 fully saturated rings. The minimum absolute atomic E-state index is 0.0826. The predicted molar refractivity (Wildman–Crippen MR) is 83.1 cm³/mol. The molecule has 3 N–H and O–H groups in total. The third kappa shape index (κ3) is 3.57. The molecule has 20 heavy (non-hydrogen) atoms. The number of aromatic nitrogens is 1. The van der Waals surface area contributed by atoms with E-state index in [1.165, 1.54) is 0 Å². The Hall–Kier alpha value is -1.88. The van der Waals surface area contributed by atoms with Gasteiger partial charge in [0.2, 0.25) is 0 Å². The van der Waals surface area contributed by atoms with Gasteiger partial charge in [-0.05, 0) is 31.0 Å². The summed E-state index contributed by atoms with van der Waals surface area (Å²) in [6, 6.07) is 5.37. The summed E-state index contributed by atoms with van der Waals surface area (Å²) in [7, 11) is 0. The fourth-order valence-electron chi connectivity index (χ4n) is 1.91. The quantitative estimate of drug-likeness (QED) is 0.831. The Balaban J connectivity index is 1.90. The van der Waals surface area contributed by atoms with Crippen LogP contribution in [0.3, 0.4) is 0 Å². The minimum Gasteiger partial charge on any atom is -0.399 e. The Bertz CT molecular complexity index is 607. The van der Waals surface area contributed by atoms with Crippen LogP contribution in [0.4, 0.5) is 5.69 Å². The Morgan fingerprint density at radius 1 is 1.45 bits per heavy atom. The molecule has 0 atom stereocenters. The van der Waals surface area contributed by atoms with Crippen molar-refractivity contribution in [3.05, 3.63) is 45.4 Å². The summed E-state index contributed by atoms with van der Waals surface area (Å²) in [4.78, 5) is 16.6. The zero-order valence-electron chi connectivity index (χ0n) is 11.8. The van der Waals surface area contributed by atoms with Crippen LogP contribution in [0.2, 0.25) is 0 Å². The highest BCUT2D eigenvalue weighted by Crippen LogP contribution is 2.13. The molecule has 1 heterocycles. The molecule has 0 aliphatic heterocycles. The monoisotopic (exact) mass is 289 g/mol. The zero-order valence-corrected chi connectivity index (χ0v) is 12.6. The molecule has 0 bridgehead atoms. The largest absolute Gasteiger partial charge is 0.399 e. The molecule has 0 aliphatic rings. The molecule has 0 saturated carbocycles. The molecule has 1 aromatic carbocycles. The number of hydrogen-bond donors (Lipinski definition) is 2. The van der Waals surface area contributed by atoms with Crippen LogP contribution >= 0.6 is 11.3 Å². The maximum Gasteiger partial charge on any atom is 0.251 e. The molecule has 0 aliphatic carbocycles. The second-order valence-electron chi connectivity index (χ2n) is 4.67. The third-order valence-electron chi connectivity index (χ3n) is 3.07. The molecule has 1 aromatic heterocycles. The van der Waals surface area contributed by atoms with Crippen LogP contribution in [-0.2, 0) is 12.8 Å². The molecule has 2 rings (SSSR count). The van der Waals surface area contributed by atoms with Crippen molar-refractivity contribution in [2.75, 3.05) is 12.3 Å². The normalized spacial score (nSPS) is 10.5. The number of nitrogens with one attached hydrogen (secondary N) is 1. The number of rotatable bonds is 5. The number of anilines is 1. The second-order valence-corrected chi connectivity index (χ2v) is 5.61. The molecule has 0 unspecified atom stereocenters. The zero-order chi connectivity index (χ0) is 14.5. The fraction of sp³-hybridized carbons (Fsp3) is 0.333. The standard InChI is InChI=1S/C15H19N3OS/c1-3-14-18-12(9-20-14)6-7-17-15(19)13-8-11(16)5-4-10(13)2/h4-5,8-9H,3,6-7,16H2,1-2H3,(H,17,19). The van der Waals surface area contributed by atoms with Gasteiger partial charge in [0.25, 0.3) is 5.91 Å². The van der Waals surface area contributed by atoms with Gasteiger partial charge < -0.3 is 11.1 Å². The Labute approximate surface area is 123 Å². The lowest BCUT2D eigenvalue weighted by atomic mass is 10.1. The third-order valence-corrected chi connectivity index (χ3v) is 4.12. The first-order valence-corrected chi connectivity index (χ1v) is 7.55. The molecule has 2 aromatic rings. The first-order chi connectivity index (χ1) is 9.60. The number of hydrogen-bond acceptors (Lipinski definition) is 4. The highest BCUT2D eigenvalue weighted by molar-refractivity contribution is 7.09. The van der Waals surface area contributed by atoms with Crippen molar-refractivity contribution in [2.24, 2.45) is 0 Å². The van der Waals surface area contributed by atoms with Gasteiger partial charge in [-0.3, -0.25) is 4.79 Å². The maximum atomic E-state index is 12.1. The van der Waals surface area contributed by atoms with E-state index >= 15 is 0 Å². The van der Waals surface area contributed by atoms with E-state index in [-0.39, 0.29) is 5.91 Å². The van der Waals surface area contributed by atoms with E-state index in [1.807, 2.05) is 13.0 Å². The molecule has 1 amide bonds. The van der Waals surface area contributed by atoms with Gasteiger partial charge in [0.05, 0.1) is 10.7 Å². The van der Waals surface area contributed by atoms with Gasteiger partial charge in [0.15, 0.2) is 0 Å². The van der Waals surface area contributed by atoms with Crippen molar-refractivity contribution >= 4 is 22.9 Å². The number of nitrogen functional groups attached to an aromatic ring is 1. The van der Waals surface area contributed by atoms with Crippen molar-refractivity contribution in [1.29, 1.82) is 0 Å². The van der Waals surface area contributed by atoms with Crippen LogP contribution in [0.15, 0.2) is 23.6 Å². The topological polar surface area (TPSA) is 68.0 Å². The average molecular weight is 289 g/mol. The van der Waals surface area contributed by atoms with E-state index in [0.717, 1.165) is 29.1 Å². The second kappa shape index (κ2) is 6.52. The number of aryl methyl sites for hydroxylation is 2. The van der Waals surface area contributed by atoms with Crippen LogP contribution in [0.1, 0.15) is 33.5 Å². The molecule has 5 heteroatoms. The Kier molecular flexibility index (Phi) is 4.74. The van der Waals surface area contributed by atoms with Crippen molar-refractivity contribution in [2.45, 2.75) is 26.7 Å². The van der Waals surface area contributed by atoms with Crippen LogP contribution in [0.25, 0.3) is 0 Å². The SMILES string of the molecule is CCc1nc(CCNC(=O)c2cc(N)ccc2C)cs1. The summed E-state index contributed by atoms with van der Waals surface area (Å²) in [5.41, 5.74) is 8.92. The Morgan fingerprint density at radius 2 is 2.25 bits per heavy atom. The minimum atomic E-state index is -0.0826. The summed E-state index contributed by atoms with van der Waals surface area (Å²) in [6.07, 6.45) is 1.71. The summed E-state index contributed by atoms with van der Waals surface area (Å²) < 4.78 is 0. The van der Waals surface area contributed by atoms with Crippen LogP contribution in [0.5, 0.6) is 0 Å². The van der Waals surface area contributed by atoms with Gasteiger partial charge in [-0.2, -0.15) is 0 Å². The molecule has 4 nitrogen and oxygen atoms in total. The van der Waals surface area contributed by atoms with E-state index in [1.54, 1.807) is 23.5 Å². The van der Waals surface area contributed by atoms with Crippen LogP contribution in [0, 0.1) is 6.92 Å². The molecule has 106 valence electrons. The number of nitrogens with two attached hydrogens (primary N) is 1. The van der Waals surface area contributed by atoms with Gasteiger partial charge in [0, 0.05) is 29.6 Å². The predicted octanol–water partition coefficient (Wildman–Crippen LogP) is 2.57. The van der Waals surface area contributed by atoms with Crippen molar-refractivity contribution < 1.29 is 4.79 Å². The fourth-order valence-corrected chi connectivity index (χ4v) is 2.69. The lowest BCUT2D eigenvalue weighted by Crippen LogP contribution is -2.26. The first-order valence-electron chi connectivity index (χ1n) is 6.67. The molecule has 0 saturated heterocycles. The van der Waals surface area contributed by atoms with Crippen LogP contribution in [-0.4, -0.2) is 17.4 Å². The smallest absolute Gasteiger partial charge is 0.251 e. The number of amides is 1. The summed E-state index contributed by atoms with van der Waals surface area (Å²) in [5, 5.41) is 6.10. The van der Waals surface area contributed by atoms with E-state index in [4.69, 9.17) is 5.73 Å². The van der Waals surface area contributed by atoms with E-state index < -0.39 is 0 Å². The average Bonchev–Trinajstić information content (AvgIpc) is 2.89. The van der Waals surface area contributed by atoms with Gasteiger partial charge in [0.1, 0.15) is 0 Å². The number of carbonyl (C=O) groups is 1. The number of benzene rings is 1. The van der Waals surface area contributed by atoms with Crippen molar-refractivity contribution in [1.82, 2.24) is 10.3 Å². The highest BCUT2D eigenvalue weighted by Gasteiger charge is 2.09. The lowest BCUT2D eigenvalue weighted by molar-refractivity contribution is 0.0953. The van der Waals surface area contributed by atoms with Gasteiger partial charge in [-0.1, -0.05) is 13.0 Å². The van der Waals surface area contributed by atoms with Gasteiger partial charge in [-0.25, -0.2) is 4.98 Å². The summed E-state index contributed by atoms with van der Waals surface area (Å²) >= 11 is 1.67. The molecule has 0 spiro atoms. The molecular weight excluding hydrogens is 270 g/mol. The first kappa shape index (κ1) is 14.5. The molecule has 0 radical (unpaired) electrons. The van der Waals surface area contributed by atoms with Crippen LogP contribution < -0.4 is 11.1 Å². The number of nitrogens with zero attached hydrogens (tertiary/aromatic N) is 1. The van der Waals surface area contributed by atoms with Gasteiger partial charge in [-0.15, -0.1) is 11.3 Å². The van der Waals surface area contributed by atoms with Crippen molar-refractivity contribution in [3.8, 4) is 0 Å². The highest BCUT2D eigenvalue weighted by atomic mass is 32.1.